The molecule has 1 fully saturated rings. The number of carbonyl (C=O) groups excluding carboxylic acids is 1. The minimum Gasteiger partial charge on any atom is -0.373 e. The van der Waals surface area contributed by atoms with Crippen LogP contribution in [0.2, 0.25) is 0 Å². The number of nitrogens with zero attached hydrogens (tertiary/aromatic N) is 3. The van der Waals surface area contributed by atoms with E-state index in [9.17, 15) is 0 Å². The maximum Gasteiger partial charge on any atom is 0.106 e. The lowest BCUT2D eigenvalue weighted by atomic mass is 10.1. The van der Waals surface area contributed by atoms with Gasteiger partial charge in [-0.2, -0.15) is 0 Å². The molecule has 0 radical (unpaired) electrons. The van der Waals surface area contributed by atoms with Crippen molar-refractivity contribution in [2.24, 2.45) is 0 Å². The highest BCUT2D eigenvalue weighted by Crippen LogP contribution is 2.15. The van der Waals surface area contributed by atoms with Crippen molar-refractivity contribution in [2.45, 2.75) is 295 Å². The number of unbranched alkanes of at least 4 members (excludes halogenated alkanes) is 29. The molecule has 0 aromatic rings. The van der Waals surface area contributed by atoms with Crippen molar-refractivity contribution in [1.82, 2.24) is 20.0 Å². The van der Waals surface area contributed by atoms with E-state index in [-0.39, 0.29) is 29.7 Å². The van der Waals surface area contributed by atoms with Crippen LogP contribution in [0.3, 0.4) is 0 Å². The van der Waals surface area contributed by atoms with Gasteiger partial charge >= 0.3 is 0 Å². The summed E-state index contributed by atoms with van der Waals surface area (Å²) in [6.07, 6.45) is 51.0. The summed E-state index contributed by atoms with van der Waals surface area (Å²) in [5, 5.41) is 3.45. The molecule has 63 heavy (non-hydrogen) atoms. The molecule has 386 valence electrons. The lowest BCUT2D eigenvalue weighted by molar-refractivity contribution is -0.0980. The molecule has 1 aliphatic heterocycles. The lowest BCUT2D eigenvalue weighted by Gasteiger charge is -2.31. The van der Waals surface area contributed by atoms with Crippen LogP contribution in [0.5, 0.6) is 0 Å². The fourth-order valence-corrected chi connectivity index (χ4v) is 8.58. The van der Waals surface area contributed by atoms with Gasteiger partial charge in [-0.05, 0) is 84.2 Å². The second-order valence-corrected chi connectivity index (χ2v) is 18.3. The maximum absolute atomic E-state index is 8.00. The molecule has 0 amide bonds. The lowest BCUT2D eigenvalue weighted by Crippen LogP contribution is -2.42. The molecule has 1 N–H and O–H groups in total. The van der Waals surface area contributed by atoms with Gasteiger partial charge in [0, 0.05) is 31.9 Å². The Morgan fingerprint density at radius 2 is 0.587 bits per heavy atom. The third kappa shape index (κ3) is 57.2. The monoisotopic (exact) mass is 897 g/mol. The van der Waals surface area contributed by atoms with Crippen molar-refractivity contribution in [3.63, 3.8) is 0 Å². The summed E-state index contributed by atoms with van der Waals surface area (Å²) in [6, 6.07) is 0. The van der Waals surface area contributed by atoms with Gasteiger partial charge in [0.15, 0.2) is 0 Å². The van der Waals surface area contributed by atoms with Crippen molar-refractivity contribution < 1.29 is 4.79 Å². The molecule has 1 rings (SSSR count). The van der Waals surface area contributed by atoms with E-state index in [2.05, 4.69) is 61.2 Å². The van der Waals surface area contributed by atoms with E-state index in [1.807, 2.05) is 6.79 Å². The molecule has 0 aromatic heterocycles. The van der Waals surface area contributed by atoms with Gasteiger partial charge in [-0.3, -0.25) is 0 Å². The van der Waals surface area contributed by atoms with Gasteiger partial charge in [0.25, 0.3) is 0 Å². The van der Waals surface area contributed by atoms with Crippen LogP contribution in [0.4, 0.5) is 0 Å². The molecule has 0 aliphatic carbocycles. The third-order valence-corrected chi connectivity index (χ3v) is 12.6. The Labute approximate surface area is 403 Å². The maximum atomic E-state index is 8.00. The molecular weight excluding hydrogens is 769 g/mol. The van der Waals surface area contributed by atoms with E-state index in [0.29, 0.717) is 0 Å². The van der Waals surface area contributed by atoms with Gasteiger partial charge in [0.1, 0.15) is 6.79 Å². The predicted octanol–water partition coefficient (Wildman–Crippen LogP) is 18.5. The number of hydrogen-bond acceptors (Lipinski definition) is 5. The first-order valence-corrected chi connectivity index (χ1v) is 27.0. The topological polar surface area (TPSA) is 38.8 Å². The smallest absolute Gasteiger partial charge is 0.106 e. The largest absolute Gasteiger partial charge is 0.373 e. The molecular formula is C58H128N4O. The standard InChI is InChI=1S/C29H59N3.C24H51N.CH2O.4CH4/c1-4-6-8-10-12-14-16-18-24-31(25-19-17-15-13-11-9-7-5-2)26-20-21-29(3)32-27-22-30-23-28-32;1-4-7-10-12-14-16-18-20-23-25(22-9-6-3)24-21-19-17-15-13-11-8-5-2;1-2;;;;/h30H,3-28H2,1-2H3;4-24H2,1-3H3;1H2;4*1H4. The highest BCUT2D eigenvalue weighted by Gasteiger charge is 2.12. The van der Waals surface area contributed by atoms with E-state index < -0.39 is 0 Å². The van der Waals surface area contributed by atoms with Crippen molar-refractivity contribution >= 4 is 6.79 Å². The summed E-state index contributed by atoms with van der Waals surface area (Å²) in [4.78, 5) is 16.0. The molecule has 0 spiro atoms. The average Bonchev–Trinajstić information content (AvgIpc) is 3.27. The summed E-state index contributed by atoms with van der Waals surface area (Å²) < 4.78 is 0. The molecule has 5 nitrogen and oxygen atoms in total. The number of piperazine rings is 1. The Morgan fingerprint density at radius 1 is 0.365 bits per heavy atom. The summed E-state index contributed by atoms with van der Waals surface area (Å²) >= 11 is 0. The highest BCUT2D eigenvalue weighted by atomic mass is 16.1. The third-order valence-electron chi connectivity index (χ3n) is 12.6. The van der Waals surface area contributed by atoms with E-state index in [1.165, 1.54) is 276 Å². The zero-order valence-corrected chi connectivity index (χ0v) is 41.7. The van der Waals surface area contributed by atoms with Gasteiger partial charge in [-0.1, -0.05) is 257 Å². The minimum atomic E-state index is 0. The number of rotatable bonds is 44. The summed E-state index contributed by atoms with van der Waals surface area (Å²) in [6.45, 7) is 30.4. The minimum absolute atomic E-state index is 0. The number of nitrogens with one attached hydrogen (secondary N) is 1. The van der Waals surface area contributed by atoms with Crippen LogP contribution >= 0.6 is 0 Å². The normalized spacial score (nSPS) is 12.0. The Bertz CT molecular complexity index is 732. The Morgan fingerprint density at radius 3 is 0.857 bits per heavy atom. The van der Waals surface area contributed by atoms with Crippen molar-refractivity contribution in [3.05, 3.63) is 12.3 Å². The highest BCUT2D eigenvalue weighted by molar-refractivity contribution is 5.11. The molecule has 0 atom stereocenters. The first-order valence-electron chi connectivity index (χ1n) is 27.0. The first-order chi connectivity index (χ1) is 29.1. The van der Waals surface area contributed by atoms with Crippen LogP contribution < -0.4 is 5.32 Å². The Balaban J connectivity index is -0.000000239. The quantitative estimate of drug-likeness (QED) is 0.0617. The van der Waals surface area contributed by atoms with Crippen LogP contribution in [0.25, 0.3) is 0 Å². The van der Waals surface area contributed by atoms with Crippen molar-refractivity contribution in [3.8, 4) is 0 Å². The zero-order valence-electron chi connectivity index (χ0n) is 41.7. The van der Waals surface area contributed by atoms with Crippen molar-refractivity contribution in [1.29, 1.82) is 0 Å². The van der Waals surface area contributed by atoms with Gasteiger partial charge in [0.05, 0.1) is 0 Å². The van der Waals surface area contributed by atoms with Crippen LogP contribution in [-0.2, 0) is 4.79 Å². The predicted molar refractivity (Wildman–Crippen MR) is 295 cm³/mol. The van der Waals surface area contributed by atoms with Crippen LogP contribution in [-0.4, -0.2) is 86.9 Å². The van der Waals surface area contributed by atoms with Gasteiger partial charge < -0.3 is 24.8 Å². The fraction of sp³-hybridized carbons (Fsp3) is 0.948. The Hall–Kier alpha value is -0.910. The van der Waals surface area contributed by atoms with Crippen molar-refractivity contribution in [2.75, 3.05) is 65.4 Å². The fourth-order valence-electron chi connectivity index (χ4n) is 8.58. The SMILES string of the molecule is C.C.C.C.C=C(CCCN(CCCCCCCCCC)CCCCCCCCCC)N1CCNCC1.C=O.CCCCCCCCCCN(CCCC)CCCCCCCCCC. The van der Waals surface area contributed by atoms with Crippen LogP contribution in [0.1, 0.15) is 295 Å². The molecule has 5 heteroatoms. The molecule has 1 saturated heterocycles. The van der Waals surface area contributed by atoms with E-state index in [1.54, 1.807) is 0 Å². The number of carbonyl (C=O) groups is 1. The second-order valence-electron chi connectivity index (χ2n) is 18.3. The zero-order chi connectivity index (χ0) is 43.5. The van der Waals surface area contributed by atoms with E-state index >= 15 is 0 Å². The first kappa shape index (κ1) is 73.7. The summed E-state index contributed by atoms with van der Waals surface area (Å²) in [5.41, 5.74) is 1.37. The summed E-state index contributed by atoms with van der Waals surface area (Å²) in [5.74, 6) is 0. The average molecular weight is 898 g/mol. The second kappa shape index (κ2) is 65.4. The molecule has 1 heterocycles. The van der Waals surface area contributed by atoms with Gasteiger partial charge in [-0.25, -0.2) is 0 Å². The molecule has 0 bridgehead atoms. The Kier molecular flexibility index (Phi) is 76.4. The van der Waals surface area contributed by atoms with Gasteiger partial charge in [0.2, 0.25) is 0 Å². The number of allylic oxidation sites excluding steroid dienone is 1. The molecule has 0 unspecified atom stereocenters. The van der Waals surface area contributed by atoms with Crippen LogP contribution in [0.15, 0.2) is 12.3 Å². The molecule has 0 saturated carbocycles. The van der Waals surface area contributed by atoms with E-state index in [4.69, 9.17) is 4.79 Å². The van der Waals surface area contributed by atoms with E-state index in [0.717, 1.165) is 26.2 Å². The molecule has 1 aliphatic rings. The van der Waals surface area contributed by atoms with Gasteiger partial charge in [-0.15, -0.1) is 0 Å². The number of hydrogen-bond donors (Lipinski definition) is 1. The molecule has 0 aromatic carbocycles. The van der Waals surface area contributed by atoms with Crippen LogP contribution in [0, 0.1) is 0 Å². The summed E-state index contributed by atoms with van der Waals surface area (Å²) in [7, 11) is 0.